The molecule has 1 unspecified atom stereocenters. The third-order valence-electron chi connectivity index (χ3n) is 4.44. The molecule has 1 atom stereocenters. The second kappa shape index (κ2) is 7.43. The predicted octanol–water partition coefficient (Wildman–Crippen LogP) is 3.53. The molecule has 0 saturated carbocycles. The Kier molecular flexibility index (Phi) is 5.08. The van der Waals surface area contributed by atoms with Crippen molar-refractivity contribution >= 4 is 17.5 Å². The van der Waals surface area contributed by atoms with Crippen LogP contribution in [0.5, 0.6) is 0 Å². The third kappa shape index (κ3) is 3.91. The smallest absolute Gasteiger partial charge is 0.274 e. The van der Waals surface area contributed by atoms with Crippen molar-refractivity contribution in [3.63, 3.8) is 0 Å². The molecule has 24 heavy (non-hydrogen) atoms. The Morgan fingerprint density at radius 2 is 2.08 bits per heavy atom. The molecule has 1 aromatic heterocycles. The Labute approximate surface area is 143 Å². The molecule has 1 aliphatic rings. The van der Waals surface area contributed by atoms with Crippen molar-refractivity contribution < 1.29 is 4.79 Å². The van der Waals surface area contributed by atoms with E-state index in [1.54, 1.807) is 12.3 Å². The number of carbonyl (C=O) groups excluding carboxylic acids is 1. The second-order valence-electron chi connectivity index (χ2n) is 6.44. The van der Waals surface area contributed by atoms with E-state index in [1.807, 2.05) is 24.3 Å². The van der Waals surface area contributed by atoms with Crippen LogP contribution in [-0.2, 0) is 6.42 Å². The standard InChI is InChI=1S/C19H24N4O/c1-3-15-6-8-16(9-7-15)21-18(24)17-10-11-20-19(22-17)23-12-4-5-14(2)13-23/h6-11,14H,3-5,12-13H2,1-2H3,(H,21,24). The van der Waals surface area contributed by atoms with Crippen molar-refractivity contribution in [2.75, 3.05) is 23.3 Å². The summed E-state index contributed by atoms with van der Waals surface area (Å²) in [4.78, 5) is 23.4. The largest absolute Gasteiger partial charge is 0.341 e. The van der Waals surface area contributed by atoms with Crippen LogP contribution in [0.1, 0.15) is 42.7 Å². The zero-order valence-corrected chi connectivity index (χ0v) is 14.3. The maximum absolute atomic E-state index is 12.4. The van der Waals surface area contributed by atoms with Crippen molar-refractivity contribution in [3.05, 3.63) is 47.8 Å². The molecule has 0 bridgehead atoms. The van der Waals surface area contributed by atoms with Gasteiger partial charge in [-0.25, -0.2) is 9.97 Å². The van der Waals surface area contributed by atoms with Gasteiger partial charge in [0.25, 0.3) is 5.91 Å². The van der Waals surface area contributed by atoms with Gasteiger partial charge in [-0.2, -0.15) is 0 Å². The molecular weight excluding hydrogens is 300 g/mol. The van der Waals surface area contributed by atoms with Gasteiger partial charge in [-0.15, -0.1) is 0 Å². The van der Waals surface area contributed by atoms with Gasteiger partial charge >= 0.3 is 0 Å². The quantitative estimate of drug-likeness (QED) is 0.935. The first-order chi connectivity index (χ1) is 11.7. The Hall–Kier alpha value is -2.43. The number of aromatic nitrogens is 2. The van der Waals surface area contributed by atoms with Gasteiger partial charge in [0, 0.05) is 25.0 Å². The van der Waals surface area contributed by atoms with Crippen molar-refractivity contribution in [2.24, 2.45) is 5.92 Å². The normalized spacial score (nSPS) is 17.6. The van der Waals surface area contributed by atoms with Crippen molar-refractivity contribution in [1.82, 2.24) is 9.97 Å². The molecule has 1 fully saturated rings. The van der Waals surface area contributed by atoms with Gasteiger partial charge in [-0.3, -0.25) is 4.79 Å². The molecule has 126 valence electrons. The molecule has 2 aromatic rings. The second-order valence-corrected chi connectivity index (χ2v) is 6.44. The summed E-state index contributed by atoms with van der Waals surface area (Å²) < 4.78 is 0. The van der Waals surface area contributed by atoms with Gasteiger partial charge in [0.2, 0.25) is 5.95 Å². The van der Waals surface area contributed by atoms with Crippen LogP contribution in [0.15, 0.2) is 36.5 Å². The molecule has 5 heteroatoms. The summed E-state index contributed by atoms with van der Waals surface area (Å²) in [5.74, 6) is 1.08. The number of nitrogens with zero attached hydrogens (tertiary/aromatic N) is 3. The number of nitrogens with one attached hydrogen (secondary N) is 1. The van der Waals surface area contributed by atoms with Gasteiger partial charge in [0.05, 0.1) is 0 Å². The van der Waals surface area contributed by atoms with Crippen LogP contribution < -0.4 is 10.2 Å². The molecule has 1 saturated heterocycles. The maximum atomic E-state index is 12.4. The molecule has 1 N–H and O–H groups in total. The molecule has 3 rings (SSSR count). The number of anilines is 2. The minimum Gasteiger partial charge on any atom is -0.341 e. The number of rotatable bonds is 4. The third-order valence-corrected chi connectivity index (χ3v) is 4.44. The Balaban J connectivity index is 1.71. The molecule has 1 aromatic carbocycles. The highest BCUT2D eigenvalue weighted by atomic mass is 16.1. The van der Waals surface area contributed by atoms with Crippen LogP contribution in [-0.4, -0.2) is 29.0 Å². The van der Waals surface area contributed by atoms with E-state index < -0.39 is 0 Å². The first kappa shape index (κ1) is 16.4. The van der Waals surface area contributed by atoms with E-state index in [1.165, 1.54) is 12.0 Å². The Morgan fingerprint density at radius 3 is 2.79 bits per heavy atom. The average Bonchev–Trinajstić information content (AvgIpc) is 2.62. The van der Waals surface area contributed by atoms with E-state index in [0.29, 0.717) is 17.6 Å². The monoisotopic (exact) mass is 324 g/mol. The summed E-state index contributed by atoms with van der Waals surface area (Å²) in [6.07, 6.45) is 5.03. The highest BCUT2D eigenvalue weighted by Crippen LogP contribution is 2.20. The van der Waals surface area contributed by atoms with Gasteiger partial charge in [0.15, 0.2) is 0 Å². The molecule has 0 aliphatic carbocycles. The zero-order chi connectivity index (χ0) is 16.9. The molecule has 5 nitrogen and oxygen atoms in total. The first-order valence-corrected chi connectivity index (χ1v) is 8.64. The molecule has 1 amide bonds. The van der Waals surface area contributed by atoms with Crippen LogP contribution in [0.3, 0.4) is 0 Å². The SMILES string of the molecule is CCc1ccc(NC(=O)c2ccnc(N3CCCC(C)C3)n2)cc1. The summed E-state index contributed by atoms with van der Waals surface area (Å²) in [6, 6.07) is 9.55. The first-order valence-electron chi connectivity index (χ1n) is 8.64. The molecular formula is C19H24N4O. The van der Waals surface area contributed by atoms with Gasteiger partial charge in [-0.05, 0) is 48.9 Å². The molecule has 2 heterocycles. The molecule has 1 aliphatic heterocycles. The van der Waals surface area contributed by atoms with E-state index in [9.17, 15) is 4.79 Å². The van der Waals surface area contributed by atoms with E-state index >= 15 is 0 Å². The number of carbonyl (C=O) groups is 1. The summed E-state index contributed by atoms with van der Waals surface area (Å²) in [7, 11) is 0. The lowest BCUT2D eigenvalue weighted by atomic mass is 10.0. The fraction of sp³-hybridized carbons (Fsp3) is 0.421. The van der Waals surface area contributed by atoms with E-state index in [0.717, 1.165) is 31.6 Å². The van der Waals surface area contributed by atoms with E-state index in [-0.39, 0.29) is 5.91 Å². The van der Waals surface area contributed by atoms with Crippen LogP contribution in [0, 0.1) is 5.92 Å². The Morgan fingerprint density at radius 1 is 1.29 bits per heavy atom. The van der Waals surface area contributed by atoms with Gasteiger partial charge in [-0.1, -0.05) is 26.0 Å². The van der Waals surface area contributed by atoms with Crippen molar-refractivity contribution in [3.8, 4) is 0 Å². The minimum atomic E-state index is -0.201. The lowest BCUT2D eigenvalue weighted by Gasteiger charge is -2.30. The van der Waals surface area contributed by atoms with Crippen LogP contribution in [0.2, 0.25) is 0 Å². The van der Waals surface area contributed by atoms with Crippen LogP contribution in [0.4, 0.5) is 11.6 Å². The number of amides is 1. The maximum Gasteiger partial charge on any atom is 0.274 e. The summed E-state index contributed by atoms with van der Waals surface area (Å²) in [5, 5.41) is 2.90. The van der Waals surface area contributed by atoms with E-state index in [2.05, 4.69) is 34.0 Å². The van der Waals surface area contributed by atoms with E-state index in [4.69, 9.17) is 0 Å². The topological polar surface area (TPSA) is 58.1 Å². The fourth-order valence-corrected chi connectivity index (χ4v) is 3.02. The number of piperidine rings is 1. The highest BCUT2D eigenvalue weighted by Gasteiger charge is 2.19. The van der Waals surface area contributed by atoms with Crippen molar-refractivity contribution in [2.45, 2.75) is 33.1 Å². The summed E-state index contributed by atoms with van der Waals surface area (Å²) in [6.45, 7) is 6.25. The number of aryl methyl sites for hydroxylation is 1. The summed E-state index contributed by atoms with van der Waals surface area (Å²) >= 11 is 0. The summed E-state index contributed by atoms with van der Waals surface area (Å²) in [5.41, 5.74) is 2.43. The highest BCUT2D eigenvalue weighted by molar-refractivity contribution is 6.02. The molecule has 0 radical (unpaired) electrons. The lowest BCUT2D eigenvalue weighted by molar-refractivity contribution is 0.102. The predicted molar refractivity (Wildman–Crippen MR) is 96.4 cm³/mol. The fourth-order valence-electron chi connectivity index (χ4n) is 3.02. The van der Waals surface area contributed by atoms with Crippen LogP contribution >= 0.6 is 0 Å². The number of hydrogen-bond acceptors (Lipinski definition) is 4. The lowest BCUT2D eigenvalue weighted by Crippen LogP contribution is -2.35. The molecule has 0 spiro atoms. The number of hydrogen-bond donors (Lipinski definition) is 1. The zero-order valence-electron chi connectivity index (χ0n) is 14.3. The van der Waals surface area contributed by atoms with Gasteiger partial charge in [0.1, 0.15) is 5.69 Å². The Bertz CT molecular complexity index is 699. The average molecular weight is 324 g/mol. The van der Waals surface area contributed by atoms with Gasteiger partial charge < -0.3 is 10.2 Å². The van der Waals surface area contributed by atoms with Crippen LogP contribution in [0.25, 0.3) is 0 Å². The van der Waals surface area contributed by atoms with Crippen molar-refractivity contribution in [1.29, 1.82) is 0 Å². The number of benzene rings is 1. The minimum absolute atomic E-state index is 0.201.